The second-order valence-electron chi connectivity index (χ2n) is 3.28. The van der Waals surface area contributed by atoms with Crippen LogP contribution in [0.2, 0.25) is 0 Å². The first-order chi connectivity index (χ1) is 7.63. The van der Waals surface area contributed by atoms with Crippen molar-refractivity contribution in [3.05, 3.63) is 29.8 Å². The third-order valence-corrected chi connectivity index (χ3v) is 2.07. The van der Waals surface area contributed by atoms with E-state index in [1.807, 2.05) is 24.3 Å². The summed E-state index contributed by atoms with van der Waals surface area (Å²) in [6.07, 6.45) is 0.0522. The average Bonchev–Trinajstić information content (AvgIpc) is 2.20. The Kier molecular flexibility index (Phi) is 4.88. The van der Waals surface area contributed by atoms with Crippen molar-refractivity contribution in [2.75, 3.05) is 12.4 Å². The number of carbonyl (C=O) groups is 1. The summed E-state index contributed by atoms with van der Waals surface area (Å²) in [7, 11) is 1.60. The van der Waals surface area contributed by atoms with Gasteiger partial charge in [-0.05, 0) is 6.07 Å². The Morgan fingerprint density at radius 1 is 1.50 bits per heavy atom. The Balaban J connectivity index is 2.72. The first kappa shape index (κ1) is 12.6. The number of rotatable bonds is 5. The van der Waals surface area contributed by atoms with Gasteiger partial charge in [0.05, 0.1) is 18.0 Å². The molecule has 1 aromatic carbocycles. The smallest absolute Gasteiger partial charge is 0.231 e. The van der Waals surface area contributed by atoms with Gasteiger partial charge in [0.1, 0.15) is 0 Å². The Morgan fingerprint density at radius 3 is 2.81 bits per heavy atom. The van der Waals surface area contributed by atoms with Crippen molar-refractivity contribution >= 4 is 28.8 Å². The highest BCUT2D eigenvalue weighted by Crippen LogP contribution is 2.15. The zero-order valence-electron chi connectivity index (χ0n) is 9.03. The molecule has 0 bridgehead atoms. The molecule has 4 nitrogen and oxygen atoms in total. The van der Waals surface area contributed by atoms with Crippen molar-refractivity contribution in [2.45, 2.75) is 13.0 Å². The zero-order valence-corrected chi connectivity index (χ0v) is 9.84. The van der Waals surface area contributed by atoms with Crippen LogP contribution in [-0.2, 0) is 16.1 Å². The predicted molar refractivity (Wildman–Crippen MR) is 67.2 cm³/mol. The van der Waals surface area contributed by atoms with Gasteiger partial charge in [-0.2, -0.15) is 0 Å². The molecule has 0 aliphatic rings. The Morgan fingerprint density at radius 2 is 2.19 bits per heavy atom. The van der Waals surface area contributed by atoms with E-state index in [-0.39, 0.29) is 17.3 Å². The number of carbonyl (C=O) groups excluding carboxylic acids is 1. The number of hydrogen-bond acceptors (Lipinski definition) is 3. The zero-order chi connectivity index (χ0) is 12.0. The lowest BCUT2D eigenvalue weighted by Crippen LogP contribution is -2.20. The highest BCUT2D eigenvalue weighted by Gasteiger charge is 2.06. The number of nitrogens with one attached hydrogen (secondary N) is 1. The van der Waals surface area contributed by atoms with Crippen molar-refractivity contribution in [3.63, 3.8) is 0 Å². The van der Waals surface area contributed by atoms with Crippen LogP contribution >= 0.6 is 12.2 Å². The van der Waals surface area contributed by atoms with Crippen molar-refractivity contribution in [3.8, 4) is 0 Å². The molecule has 3 N–H and O–H groups in total. The summed E-state index contributed by atoms with van der Waals surface area (Å²) >= 11 is 4.66. The fourth-order valence-electron chi connectivity index (χ4n) is 1.28. The normalized spacial score (nSPS) is 9.81. The van der Waals surface area contributed by atoms with Crippen LogP contribution in [0, 0.1) is 0 Å². The highest BCUT2D eigenvalue weighted by molar-refractivity contribution is 7.80. The van der Waals surface area contributed by atoms with E-state index in [0.29, 0.717) is 6.61 Å². The summed E-state index contributed by atoms with van der Waals surface area (Å²) in [4.78, 5) is 11.6. The Labute approximate surface area is 99.8 Å². The molecule has 1 rings (SSSR count). The fraction of sp³-hybridized carbons (Fsp3) is 0.273. The number of anilines is 1. The number of nitrogens with two attached hydrogens (primary N) is 1. The molecule has 0 aliphatic heterocycles. The van der Waals surface area contributed by atoms with Crippen LogP contribution < -0.4 is 11.1 Å². The summed E-state index contributed by atoms with van der Waals surface area (Å²) < 4.78 is 5.03. The van der Waals surface area contributed by atoms with E-state index in [1.165, 1.54) is 0 Å². The lowest BCUT2D eigenvalue weighted by Gasteiger charge is -2.09. The third kappa shape index (κ3) is 3.96. The van der Waals surface area contributed by atoms with Crippen LogP contribution in [0.1, 0.15) is 12.0 Å². The van der Waals surface area contributed by atoms with E-state index in [9.17, 15) is 4.79 Å². The van der Waals surface area contributed by atoms with Gasteiger partial charge in [0.2, 0.25) is 5.91 Å². The molecular weight excluding hydrogens is 224 g/mol. The monoisotopic (exact) mass is 238 g/mol. The molecule has 16 heavy (non-hydrogen) atoms. The van der Waals surface area contributed by atoms with Gasteiger partial charge in [0.25, 0.3) is 0 Å². The standard InChI is InChI=1S/C11H14N2O2S/c1-15-7-8-4-2-3-5-9(8)13-11(14)6-10(12)16/h2-5H,6-7H2,1H3,(H2,12,16)(H,13,14). The van der Waals surface area contributed by atoms with E-state index in [1.54, 1.807) is 7.11 Å². The molecule has 0 saturated carbocycles. The molecular formula is C11H14N2O2S. The summed E-state index contributed by atoms with van der Waals surface area (Å²) in [6, 6.07) is 7.43. The van der Waals surface area contributed by atoms with E-state index in [0.717, 1.165) is 11.3 Å². The molecule has 0 aliphatic carbocycles. The molecule has 5 heteroatoms. The Hall–Kier alpha value is -1.46. The van der Waals surface area contributed by atoms with Gasteiger partial charge in [-0.1, -0.05) is 30.4 Å². The number of methoxy groups -OCH3 is 1. The van der Waals surface area contributed by atoms with Crippen molar-refractivity contribution < 1.29 is 9.53 Å². The van der Waals surface area contributed by atoms with Crippen molar-refractivity contribution in [1.29, 1.82) is 0 Å². The number of amides is 1. The van der Waals surface area contributed by atoms with Gasteiger partial charge in [0, 0.05) is 18.4 Å². The number of hydrogen-bond donors (Lipinski definition) is 2. The summed E-state index contributed by atoms with van der Waals surface area (Å²) in [5, 5.41) is 2.74. The largest absolute Gasteiger partial charge is 0.393 e. The molecule has 0 fully saturated rings. The average molecular weight is 238 g/mol. The molecule has 1 aromatic rings. The lowest BCUT2D eigenvalue weighted by molar-refractivity contribution is -0.115. The summed E-state index contributed by atoms with van der Waals surface area (Å²) in [5.74, 6) is -0.212. The minimum Gasteiger partial charge on any atom is -0.393 e. The van der Waals surface area contributed by atoms with Crippen LogP contribution in [0.5, 0.6) is 0 Å². The number of ether oxygens (including phenoxy) is 1. The molecule has 0 unspecified atom stereocenters. The van der Waals surface area contributed by atoms with Gasteiger partial charge in [-0.25, -0.2) is 0 Å². The number of thiocarbonyl (C=S) groups is 1. The van der Waals surface area contributed by atoms with Gasteiger partial charge < -0.3 is 15.8 Å². The molecule has 1 amide bonds. The molecule has 86 valence electrons. The predicted octanol–water partition coefficient (Wildman–Crippen LogP) is 1.45. The van der Waals surface area contributed by atoms with Crippen molar-refractivity contribution in [1.82, 2.24) is 0 Å². The highest BCUT2D eigenvalue weighted by atomic mass is 32.1. The summed E-state index contributed by atoms with van der Waals surface area (Å²) in [5.41, 5.74) is 6.93. The SMILES string of the molecule is COCc1ccccc1NC(=O)CC(N)=S. The fourth-order valence-corrected chi connectivity index (χ4v) is 1.41. The molecule has 0 aromatic heterocycles. The van der Waals surface area contributed by atoms with E-state index < -0.39 is 0 Å². The molecule has 0 atom stereocenters. The van der Waals surface area contributed by atoms with Crippen LogP contribution in [-0.4, -0.2) is 18.0 Å². The second-order valence-corrected chi connectivity index (χ2v) is 3.81. The van der Waals surface area contributed by atoms with Gasteiger partial charge in [0.15, 0.2) is 0 Å². The van der Waals surface area contributed by atoms with Crippen molar-refractivity contribution in [2.24, 2.45) is 5.73 Å². The van der Waals surface area contributed by atoms with E-state index in [4.69, 9.17) is 10.5 Å². The van der Waals surface area contributed by atoms with Crippen LogP contribution in [0.4, 0.5) is 5.69 Å². The third-order valence-electron chi connectivity index (χ3n) is 1.93. The van der Waals surface area contributed by atoms with Gasteiger partial charge in [-0.3, -0.25) is 4.79 Å². The van der Waals surface area contributed by atoms with E-state index in [2.05, 4.69) is 17.5 Å². The molecule has 0 saturated heterocycles. The maximum absolute atomic E-state index is 11.5. The van der Waals surface area contributed by atoms with E-state index >= 15 is 0 Å². The lowest BCUT2D eigenvalue weighted by atomic mass is 10.2. The number of para-hydroxylation sites is 1. The topological polar surface area (TPSA) is 64.3 Å². The van der Waals surface area contributed by atoms with Gasteiger partial charge >= 0.3 is 0 Å². The first-order valence-electron chi connectivity index (χ1n) is 4.78. The van der Waals surface area contributed by atoms with Gasteiger partial charge in [-0.15, -0.1) is 0 Å². The molecule has 0 spiro atoms. The minimum atomic E-state index is -0.212. The number of benzene rings is 1. The quantitative estimate of drug-likeness (QED) is 0.762. The second kappa shape index (κ2) is 6.19. The summed E-state index contributed by atoms with van der Waals surface area (Å²) in [6.45, 7) is 0.448. The maximum atomic E-state index is 11.5. The molecule has 0 heterocycles. The van der Waals surface area contributed by atoms with Crippen LogP contribution in [0.3, 0.4) is 0 Å². The first-order valence-corrected chi connectivity index (χ1v) is 5.19. The Bertz CT molecular complexity index is 393. The minimum absolute atomic E-state index is 0.0522. The van der Waals surface area contributed by atoms with Crippen LogP contribution in [0.25, 0.3) is 0 Å². The van der Waals surface area contributed by atoms with Crippen LogP contribution in [0.15, 0.2) is 24.3 Å². The molecule has 0 radical (unpaired) electrons. The maximum Gasteiger partial charge on any atom is 0.231 e.